The van der Waals surface area contributed by atoms with Crippen LogP contribution in [0, 0.1) is 17.8 Å². The topological polar surface area (TPSA) is 181 Å². The maximum absolute atomic E-state index is 12.6. The van der Waals surface area contributed by atoms with Crippen LogP contribution in [0.3, 0.4) is 0 Å². The van der Waals surface area contributed by atoms with E-state index in [9.17, 15) is 14.4 Å². The van der Waals surface area contributed by atoms with E-state index in [0.717, 1.165) is 77.0 Å². The zero-order valence-electron chi connectivity index (χ0n) is 27.9. The van der Waals surface area contributed by atoms with Crippen molar-refractivity contribution in [2.75, 3.05) is 35.8 Å². The Morgan fingerprint density at radius 1 is 0.556 bits per heavy atom. The van der Waals surface area contributed by atoms with Crippen LogP contribution < -0.4 is 16.0 Å². The molecule has 0 aromatic carbocycles. The SMILES string of the molecule is CCCCC(CC)COOC(=O)Nc1nnnc(NC(=O)OOCC(CC)CCCC)c1NC(=O)OOCC(CC)CCCC. The number of carbonyl (C=O) groups is 3. The Morgan fingerprint density at radius 3 is 1.20 bits per heavy atom. The molecule has 3 N–H and O–H groups in total. The highest BCUT2D eigenvalue weighted by atomic mass is 17.2. The molecule has 1 aromatic heterocycles. The molecule has 3 atom stereocenters. The van der Waals surface area contributed by atoms with Gasteiger partial charge in [0.2, 0.25) is 0 Å². The maximum Gasteiger partial charge on any atom is 0.444 e. The Morgan fingerprint density at radius 2 is 0.889 bits per heavy atom. The van der Waals surface area contributed by atoms with Crippen molar-refractivity contribution in [3.05, 3.63) is 0 Å². The molecule has 3 unspecified atom stereocenters. The van der Waals surface area contributed by atoms with Gasteiger partial charge in [-0.3, -0.25) is 30.6 Å². The van der Waals surface area contributed by atoms with Crippen LogP contribution in [0.5, 0.6) is 0 Å². The Hall–Kier alpha value is -3.30. The summed E-state index contributed by atoms with van der Waals surface area (Å²) < 4.78 is 0. The Balaban J connectivity index is 2.93. The molecule has 0 saturated heterocycles. The van der Waals surface area contributed by atoms with Crippen molar-refractivity contribution in [2.24, 2.45) is 17.8 Å². The van der Waals surface area contributed by atoms with Gasteiger partial charge in [0, 0.05) is 0 Å². The molecule has 0 aliphatic heterocycles. The maximum atomic E-state index is 12.6. The van der Waals surface area contributed by atoms with E-state index in [1.54, 1.807) is 0 Å². The van der Waals surface area contributed by atoms with Crippen molar-refractivity contribution in [3.8, 4) is 0 Å². The van der Waals surface area contributed by atoms with E-state index in [4.69, 9.17) is 29.3 Å². The van der Waals surface area contributed by atoms with Gasteiger partial charge in [0.1, 0.15) is 5.69 Å². The normalized spacial score (nSPS) is 12.9. The molecule has 3 amide bonds. The first-order valence-electron chi connectivity index (χ1n) is 16.4. The Bertz CT molecular complexity index is 918. The number of hydrogen-bond acceptors (Lipinski definition) is 12. The zero-order valence-corrected chi connectivity index (χ0v) is 27.9. The third-order valence-corrected chi connectivity index (χ3v) is 7.38. The van der Waals surface area contributed by atoms with Gasteiger partial charge in [0.15, 0.2) is 11.6 Å². The second-order valence-electron chi connectivity index (χ2n) is 11.0. The number of amides is 3. The number of anilines is 3. The van der Waals surface area contributed by atoms with E-state index in [-0.39, 0.29) is 54.9 Å². The van der Waals surface area contributed by atoms with Gasteiger partial charge < -0.3 is 0 Å². The van der Waals surface area contributed by atoms with Crippen LogP contribution in [0.1, 0.15) is 119 Å². The van der Waals surface area contributed by atoms with Gasteiger partial charge in [-0.1, -0.05) is 99.3 Å². The lowest BCUT2D eigenvalue weighted by molar-refractivity contribution is -0.243. The largest absolute Gasteiger partial charge is 0.444 e. The standard InChI is InChI=1S/C30H54N6O9/c1-7-13-16-22(10-4)19-40-43-28(37)31-25-26(32-29(38)44-41-20-23(11-5)17-14-8-2)34-36-35-27(25)33-30(39)45-42-21-24(12-6)18-15-9-3/h22-24H,7-21H2,1-6H3,(H,31,36,37)(H2,32,33,34,35,38,39). The summed E-state index contributed by atoms with van der Waals surface area (Å²) in [5.41, 5.74) is -0.269. The van der Waals surface area contributed by atoms with Gasteiger partial charge in [-0.05, 0) is 42.2 Å². The van der Waals surface area contributed by atoms with E-state index >= 15 is 0 Å². The first kappa shape index (κ1) is 39.7. The van der Waals surface area contributed by atoms with E-state index in [0.29, 0.717) is 0 Å². The molecule has 45 heavy (non-hydrogen) atoms. The number of unbranched alkanes of at least 4 members (excludes halogenated alkanes) is 3. The summed E-state index contributed by atoms with van der Waals surface area (Å²) in [7, 11) is 0. The summed E-state index contributed by atoms with van der Waals surface area (Å²) in [4.78, 5) is 67.6. The summed E-state index contributed by atoms with van der Waals surface area (Å²) in [5.74, 6) is 0.0326. The third-order valence-electron chi connectivity index (χ3n) is 7.38. The highest BCUT2D eigenvalue weighted by Crippen LogP contribution is 2.27. The average molecular weight is 643 g/mol. The molecule has 1 aromatic rings. The van der Waals surface area contributed by atoms with Crippen LogP contribution in [0.15, 0.2) is 0 Å². The van der Waals surface area contributed by atoms with Crippen molar-refractivity contribution in [2.45, 2.75) is 119 Å². The average Bonchev–Trinajstić information content (AvgIpc) is 3.03. The monoisotopic (exact) mass is 642 g/mol. The molecule has 15 nitrogen and oxygen atoms in total. The number of nitrogens with one attached hydrogen (secondary N) is 3. The highest BCUT2D eigenvalue weighted by molar-refractivity contribution is 6.00. The number of nitrogens with zero attached hydrogens (tertiary/aromatic N) is 3. The highest BCUT2D eigenvalue weighted by Gasteiger charge is 2.23. The Kier molecular flexibility index (Phi) is 22.0. The van der Waals surface area contributed by atoms with Crippen LogP contribution in [0.4, 0.5) is 31.7 Å². The molecule has 0 saturated carbocycles. The minimum absolute atomic E-state index is 0.203. The van der Waals surface area contributed by atoms with Crippen molar-refractivity contribution < 1.29 is 43.7 Å². The van der Waals surface area contributed by atoms with Gasteiger partial charge >= 0.3 is 18.3 Å². The fraction of sp³-hybridized carbons (Fsp3) is 0.800. The third kappa shape index (κ3) is 17.7. The van der Waals surface area contributed by atoms with Gasteiger partial charge in [-0.2, -0.15) is 14.7 Å². The predicted octanol–water partition coefficient (Wildman–Crippen LogP) is 7.96. The number of hydrogen-bond donors (Lipinski definition) is 3. The second-order valence-corrected chi connectivity index (χ2v) is 11.0. The van der Waals surface area contributed by atoms with Gasteiger partial charge in [-0.25, -0.2) is 14.4 Å². The van der Waals surface area contributed by atoms with E-state index in [1.807, 2.05) is 20.8 Å². The number of rotatable bonds is 24. The predicted molar refractivity (Wildman–Crippen MR) is 168 cm³/mol. The van der Waals surface area contributed by atoms with Crippen molar-refractivity contribution in [1.29, 1.82) is 0 Å². The first-order valence-corrected chi connectivity index (χ1v) is 16.4. The zero-order chi connectivity index (χ0) is 33.3. The molecule has 0 aliphatic rings. The summed E-state index contributed by atoms with van der Waals surface area (Å²) in [6.45, 7) is 13.0. The molecule has 0 bridgehead atoms. The van der Waals surface area contributed by atoms with Crippen LogP contribution in [-0.2, 0) is 29.3 Å². The molecule has 0 fully saturated rings. The number of carbonyl (C=O) groups excluding carboxylic acids is 3. The summed E-state index contributed by atoms with van der Waals surface area (Å²) in [6.07, 6.45) is 8.51. The smallest absolute Gasteiger partial charge is 0.282 e. The molecule has 15 heteroatoms. The Labute approximate surface area is 266 Å². The van der Waals surface area contributed by atoms with Gasteiger partial charge in [0.25, 0.3) is 0 Å². The quantitative estimate of drug-likeness (QED) is 0.0732. The first-order chi connectivity index (χ1) is 21.8. The van der Waals surface area contributed by atoms with Crippen LogP contribution in [0.2, 0.25) is 0 Å². The minimum Gasteiger partial charge on any atom is -0.282 e. The van der Waals surface area contributed by atoms with Gasteiger partial charge in [-0.15, -0.1) is 10.2 Å². The molecule has 0 aliphatic carbocycles. The summed E-state index contributed by atoms with van der Waals surface area (Å²) in [5, 5.41) is 18.1. The van der Waals surface area contributed by atoms with Crippen LogP contribution >= 0.6 is 0 Å². The summed E-state index contributed by atoms with van der Waals surface area (Å²) in [6, 6.07) is 0. The fourth-order valence-corrected chi connectivity index (χ4v) is 4.22. The lowest BCUT2D eigenvalue weighted by atomic mass is 10.0. The lowest BCUT2D eigenvalue weighted by Crippen LogP contribution is -2.24. The van der Waals surface area contributed by atoms with E-state index in [2.05, 4.69) is 52.1 Å². The van der Waals surface area contributed by atoms with Crippen molar-refractivity contribution >= 4 is 35.6 Å². The molecular formula is C30H54N6O9. The van der Waals surface area contributed by atoms with E-state index in [1.165, 1.54) is 0 Å². The molecule has 258 valence electrons. The van der Waals surface area contributed by atoms with Crippen LogP contribution in [-0.4, -0.2) is 53.5 Å². The second kappa shape index (κ2) is 25.0. The summed E-state index contributed by atoms with van der Waals surface area (Å²) >= 11 is 0. The molecule has 1 heterocycles. The molecule has 1 rings (SSSR count). The molecule has 0 radical (unpaired) electrons. The van der Waals surface area contributed by atoms with Crippen molar-refractivity contribution in [3.63, 3.8) is 0 Å². The van der Waals surface area contributed by atoms with Gasteiger partial charge in [0.05, 0.1) is 19.8 Å². The number of aromatic nitrogens is 3. The fourth-order valence-electron chi connectivity index (χ4n) is 4.22. The van der Waals surface area contributed by atoms with Crippen LogP contribution in [0.25, 0.3) is 0 Å². The molecular weight excluding hydrogens is 588 g/mol. The lowest BCUT2D eigenvalue weighted by Gasteiger charge is -2.16. The van der Waals surface area contributed by atoms with E-state index < -0.39 is 18.3 Å². The minimum atomic E-state index is -1.06. The van der Waals surface area contributed by atoms with Crippen molar-refractivity contribution in [1.82, 2.24) is 15.4 Å². The molecule has 0 spiro atoms.